The number of hydrogen-bond acceptors (Lipinski definition) is 6. The standard InChI is InChI=1S/C8H16O4.2CH4O/c1-8(2,10-3)12-7-6(9)4-5-11-7;2*1-2/h6-7,9H,4-5H2,1-3H3;2*2H,1H3. The summed E-state index contributed by atoms with van der Waals surface area (Å²) in [5.41, 5.74) is 0. The highest BCUT2D eigenvalue weighted by Crippen LogP contribution is 2.21. The predicted octanol–water partition coefficient (Wildman–Crippen LogP) is -0.290. The molecule has 0 amide bonds. The Balaban J connectivity index is 0. The van der Waals surface area contributed by atoms with Gasteiger partial charge in [-0.15, -0.1) is 0 Å². The van der Waals surface area contributed by atoms with Gasteiger partial charge in [-0.2, -0.15) is 0 Å². The molecule has 1 saturated heterocycles. The van der Waals surface area contributed by atoms with Gasteiger partial charge in [-0.25, -0.2) is 0 Å². The number of aliphatic hydroxyl groups is 3. The molecule has 1 heterocycles. The molecule has 1 fully saturated rings. The third-order valence-corrected chi connectivity index (χ3v) is 1.90. The van der Waals surface area contributed by atoms with E-state index in [1.807, 2.05) is 0 Å². The molecule has 6 heteroatoms. The first-order valence-electron chi connectivity index (χ1n) is 4.97. The monoisotopic (exact) mass is 240 g/mol. The molecule has 1 aliphatic rings. The van der Waals surface area contributed by atoms with E-state index in [4.69, 9.17) is 24.4 Å². The van der Waals surface area contributed by atoms with Crippen molar-refractivity contribution in [2.75, 3.05) is 27.9 Å². The van der Waals surface area contributed by atoms with Gasteiger partial charge < -0.3 is 29.5 Å². The molecule has 1 aliphatic heterocycles. The average Bonchev–Trinajstić information content (AvgIpc) is 2.70. The fourth-order valence-electron chi connectivity index (χ4n) is 0.993. The molecule has 0 aromatic rings. The lowest BCUT2D eigenvalue weighted by Gasteiger charge is -2.28. The Bertz CT molecular complexity index is 150. The van der Waals surface area contributed by atoms with Gasteiger partial charge in [0.15, 0.2) is 12.1 Å². The minimum absolute atomic E-state index is 0.528. The number of methoxy groups -OCH3 is 1. The molecule has 2 unspecified atom stereocenters. The topological polar surface area (TPSA) is 88.4 Å². The van der Waals surface area contributed by atoms with Crippen molar-refractivity contribution in [3.05, 3.63) is 0 Å². The van der Waals surface area contributed by atoms with Gasteiger partial charge in [-0.05, 0) is 13.8 Å². The van der Waals surface area contributed by atoms with Crippen LogP contribution in [0.2, 0.25) is 0 Å². The van der Waals surface area contributed by atoms with Gasteiger partial charge in [-0.1, -0.05) is 0 Å². The molecule has 2 atom stereocenters. The van der Waals surface area contributed by atoms with Crippen LogP contribution in [0.1, 0.15) is 20.3 Å². The molecule has 100 valence electrons. The summed E-state index contributed by atoms with van der Waals surface area (Å²) in [5, 5.41) is 23.3. The van der Waals surface area contributed by atoms with Crippen LogP contribution >= 0.6 is 0 Å². The number of aliphatic hydroxyl groups excluding tert-OH is 3. The molecule has 0 bridgehead atoms. The zero-order valence-corrected chi connectivity index (χ0v) is 10.6. The van der Waals surface area contributed by atoms with Gasteiger partial charge >= 0.3 is 0 Å². The van der Waals surface area contributed by atoms with Gasteiger partial charge in [0.25, 0.3) is 0 Å². The molecule has 0 aliphatic carbocycles. The Hall–Kier alpha value is -0.240. The van der Waals surface area contributed by atoms with Crippen LogP contribution in [0.3, 0.4) is 0 Å². The summed E-state index contributed by atoms with van der Waals surface area (Å²) in [4.78, 5) is 0. The summed E-state index contributed by atoms with van der Waals surface area (Å²) < 4.78 is 15.6. The lowest BCUT2D eigenvalue weighted by atomic mass is 10.3. The molecular formula is C10H24O6. The van der Waals surface area contributed by atoms with Gasteiger partial charge in [-0.3, -0.25) is 0 Å². The Morgan fingerprint density at radius 1 is 1.19 bits per heavy atom. The van der Waals surface area contributed by atoms with E-state index in [0.717, 1.165) is 14.2 Å². The van der Waals surface area contributed by atoms with Crippen molar-refractivity contribution in [3.8, 4) is 0 Å². The molecule has 1 rings (SSSR count). The van der Waals surface area contributed by atoms with Crippen LogP contribution in [0, 0.1) is 0 Å². The maximum absolute atomic E-state index is 9.34. The Morgan fingerprint density at radius 3 is 2.00 bits per heavy atom. The van der Waals surface area contributed by atoms with Crippen molar-refractivity contribution in [2.45, 2.75) is 38.4 Å². The molecule has 6 nitrogen and oxygen atoms in total. The van der Waals surface area contributed by atoms with Crippen LogP contribution in [0.15, 0.2) is 0 Å². The molecule has 0 spiro atoms. The molecule has 0 aromatic carbocycles. The highest BCUT2D eigenvalue weighted by atomic mass is 16.8. The summed E-state index contributed by atoms with van der Waals surface area (Å²) in [7, 11) is 3.56. The van der Waals surface area contributed by atoms with Crippen molar-refractivity contribution < 1.29 is 29.5 Å². The summed E-state index contributed by atoms with van der Waals surface area (Å²) in [5.74, 6) is -0.698. The minimum atomic E-state index is -0.698. The summed E-state index contributed by atoms with van der Waals surface area (Å²) in [6, 6.07) is 0. The summed E-state index contributed by atoms with van der Waals surface area (Å²) in [6.45, 7) is 4.11. The fourth-order valence-corrected chi connectivity index (χ4v) is 0.993. The van der Waals surface area contributed by atoms with E-state index in [0.29, 0.717) is 13.0 Å². The predicted molar refractivity (Wildman–Crippen MR) is 58.8 cm³/mol. The second kappa shape index (κ2) is 9.95. The van der Waals surface area contributed by atoms with Crippen LogP contribution in [-0.2, 0) is 14.2 Å². The molecule has 3 N–H and O–H groups in total. The zero-order chi connectivity index (χ0) is 13.2. The van der Waals surface area contributed by atoms with Crippen molar-refractivity contribution in [2.24, 2.45) is 0 Å². The molecule has 0 saturated carbocycles. The second-order valence-corrected chi connectivity index (χ2v) is 3.32. The van der Waals surface area contributed by atoms with Gasteiger partial charge in [0.1, 0.15) is 6.10 Å². The summed E-state index contributed by atoms with van der Waals surface area (Å²) >= 11 is 0. The van der Waals surface area contributed by atoms with E-state index >= 15 is 0 Å². The first kappa shape index (κ1) is 18.1. The van der Waals surface area contributed by atoms with Crippen molar-refractivity contribution in [1.29, 1.82) is 0 Å². The van der Waals surface area contributed by atoms with Gasteiger partial charge in [0, 0.05) is 27.8 Å². The third-order valence-electron chi connectivity index (χ3n) is 1.90. The number of ether oxygens (including phenoxy) is 3. The molecule has 0 aromatic heterocycles. The van der Waals surface area contributed by atoms with Crippen molar-refractivity contribution in [1.82, 2.24) is 0 Å². The van der Waals surface area contributed by atoms with E-state index < -0.39 is 18.2 Å². The highest BCUT2D eigenvalue weighted by Gasteiger charge is 2.32. The van der Waals surface area contributed by atoms with E-state index in [1.165, 1.54) is 0 Å². The Kier molecular flexibility index (Phi) is 11.3. The van der Waals surface area contributed by atoms with E-state index in [-0.39, 0.29) is 0 Å². The molecule has 16 heavy (non-hydrogen) atoms. The van der Waals surface area contributed by atoms with Crippen LogP contribution in [-0.4, -0.2) is 61.4 Å². The Labute approximate surface area is 96.8 Å². The average molecular weight is 240 g/mol. The van der Waals surface area contributed by atoms with Gasteiger partial charge in [0.05, 0.1) is 6.61 Å². The lowest BCUT2D eigenvalue weighted by molar-refractivity contribution is -0.288. The van der Waals surface area contributed by atoms with Crippen LogP contribution < -0.4 is 0 Å². The normalized spacial score (nSPS) is 24.0. The lowest BCUT2D eigenvalue weighted by Crippen LogP contribution is -2.36. The Morgan fingerprint density at radius 2 is 1.69 bits per heavy atom. The van der Waals surface area contributed by atoms with Crippen LogP contribution in [0.4, 0.5) is 0 Å². The van der Waals surface area contributed by atoms with E-state index in [9.17, 15) is 5.11 Å². The van der Waals surface area contributed by atoms with Crippen molar-refractivity contribution in [3.63, 3.8) is 0 Å². The first-order chi connectivity index (χ1) is 7.55. The van der Waals surface area contributed by atoms with Crippen LogP contribution in [0.5, 0.6) is 0 Å². The molecule has 0 radical (unpaired) electrons. The number of rotatable bonds is 3. The fraction of sp³-hybridized carbons (Fsp3) is 1.00. The first-order valence-corrected chi connectivity index (χ1v) is 4.97. The van der Waals surface area contributed by atoms with Crippen LogP contribution in [0.25, 0.3) is 0 Å². The largest absolute Gasteiger partial charge is 0.400 e. The van der Waals surface area contributed by atoms with Gasteiger partial charge in [0.2, 0.25) is 0 Å². The van der Waals surface area contributed by atoms with E-state index in [2.05, 4.69) is 0 Å². The minimum Gasteiger partial charge on any atom is -0.400 e. The van der Waals surface area contributed by atoms with E-state index in [1.54, 1.807) is 21.0 Å². The number of hydrogen-bond donors (Lipinski definition) is 3. The smallest absolute Gasteiger partial charge is 0.186 e. The molecular weight excluding hydrogens is 216 g/mol. The summed E-state index contributed by atoms with van der Waals surface area (Å²) in [6.07, 6.45) is -0.441. The zero-order valence-electron chi connectivity index (χ0n) is 10.6. The maximum Gasteiger partial charge on any atom is 0.186 e. The second-order valence-electron chi connectivity index (χ2n) is 3.32. The third kappa shape index (κ3) is 7.10. The highest BCUT2D eigenvalue weighted by molar-refractivity contribution is 4.69. The quantitative estimate of drug-likeness (QED) is 0.587. The SMILES string of the molecule is CO.CO.COC(C)(C)OC1OCCC1O. The van der Waals surface area contributed by atoms with Crippen molar-refractivity contribution >= 4 is 0 Å². The maximum atomic E-state index is 9.34.